The van der Waals surface area contributed by atoms with Crippen molar-refractivity contribution in [2.75, 3.05) is 43.4 Å². The molecule has 0 aliphatic carbocycles. The molecule has 6 heteroatoms. The van der Waals surface area contributed by atoms with Gasteiger partial charge in [0, 0.05) is 15.7 Å². The Kier molecular flexibility index (Phi) is 6.59. The fraction of sp³-hybridized carbons (Fsp3) is 0.368. The van der Waals surface area contributed by atoms with Gasteiger partial charge in [-0.25, -0.2) is 4.39 Å². The van der Waals surface area contributed by atoms with Crippen LogP contribution >= 0.6 is 23.4 Å². The number of aliphatic hydroxyl groups is 1. The summed E-state index contributed by atoms with van der Waals surface area (Å²) >= 11 is 7.52. The van der Waals surface area contributed by atoms with Crippen molar-refractivity contribution < 1.29 is 14.4 Å². The number of anilines is 1. The molecular formula is C19H23ClFN2OS+. The number of nitrogens with one attached hydrogen (secondary N) is 1. The maximum Gasteiger partial charge on any atom is 0.146 e. The van der Waals surface area contributed by atoms with Crippen LogP contribution in [0.1, 0.15) is 0 Å². The van der Waals surface area contributed by atoms with Crippen molar-refractivity contribution in [3.63, 3.8) is 0 Å². The second-order valence-corrected chi connectivity index (χ2v) is 7.84. The highest BCUT2D eigenvalue weighted by molar-refractivity contribution is 7.99. The predicted molar refractivity (Wildman–Crippen MR) is 102 cm³/mol. The minimum Gasteiger partial charge on any atom is -0.386 e. The summed E-state index contributed by atoms with van der Waals surface area (Å²) in [5.74, 6) is 0.507. The van der Waals surface area contributed by atoms with Gasteiger partial charge < -0.3 is 14.9 Å². The fourth-order valence-corrected chi connectivity index (χ4v) is 4.05. The Hall–Kier alpha value is -1.27. The van der Waals surface area contributed by atoms with E-state index in [2.05, 4.69) is 4.90 Å². The van der Waals surface area contributed by atoms with Gasteiger partial charge >= 0.3 is 0 Å². The molecule has 0 spiro atoms. The molecular weight excluding hydrogens is 359 g/mol. The summed E-state index contributed by atoms with van der Waals surface area (Å²) in [4.78, 5) is 4.58. The summed E-state index contributed by atoms with van der Waals surface area (Å²) in [6.07, 6.45) is -0.351. The number of benzene rings is 2. The van der Waals surface area contributed by atoms with Crippen LogP contribution in [0.2, 0.25) is 5.02 Å². The van der Waals surface area contributed by atoms with Crippen molar-refractivity contribution >= 4 is 29.1 Å². The smallest absolute Gasteiger partial charge is 0.146 e. The molecule has 2 N–H and O–H groups in total. The van der Waals surface area contributed by atoms with Crippen molar-refractivity contribution in [2.24, 2.45) is 0 Å². The van der Waals surface area contributed by atoms with Crippen LogP contribution in [0, 0.1) is 5.82 Å². The topological polar surface area (TPSA) is 27.9 Å². The lowest BCUT2D eigenvalue weighted by molar-refractivity contribution is -0.903. The summed E-state index contributed by atoms with van der Waals surface area (Å²) in [6, 6.07) is 14.6. The van der Waals surface area contributed by atoms with Crippen molar-refractivity contribution in [1.29, 1.82) is 0 Å². The van der Waals surface area contributed by atoms with Gasteiger partial charge in [0.25, 0.3) is 0 Å². The lowest BCUT2D eigenvalue weighted by Gasteiger charge is -2.34. The largest absolute Gasteiger partial charge is 0.386 e. The Bertz CT molecular complexity index is 677. The molecule has 1 atom stereocenters. The minimum absolute atomic E-state index is 0.162. The Labute approximate surface area is 157 Å². The molecule has 0 bridgehead atoms. The van der Waals surface area contributed by atoms with Crippen LogP contribution in [0.25, 0.3) is 0 Å². The molecule has 2 aromatic rings. The first-order valence-corrected chi connectivity index (χ1v) is 9.87. The minimum atomic E-state index is -0.351. The molecule has 3 nitrogen and oxygen atoms in total. The van der Waals surface area contributed by atoms with Gasteiger partial charge in [-0.3, -0.25) is 0 Å². The third-order valence-electron chi connectivity index (χ3n) is 4.44. The summed E-state index contributed by atoms with van der Waals surface area (Å²) in [5, 5.41) is 11.0. The summed E-state index contributed by atoms with van der Waals surface area (Å²) in [6.45, 7) is 4.18. The highest BCUT2D eigenvalue weighted by Gasteiger charge is 2.23. The second kappa shape index (κ2) is 8.90. The normalized spacial score (nSPS) is 16.8. The van der Waals surface area contributed by atoms with E-state index in [4.69, 9.17) is 11.6 Å². The van der Waals surface area contributed by atoms with E-state index in [1.54, 1.807) is 17.8 Å². The first-order valence-electron chi connectivity index (χ1n) is 8.51. The quantitative estimate of drug-likeness (QED) is 0.752. The third-order valence-corrected chi connectivity index (χ3v) is 5.85. The number of piperazine rings is 1. The first kappa shape index (κ1) is 18.5. The van der Waals surface area contributed by atoms with Crippen LogP contribution in [0.15, 0.2) is 53.4 Å². The maximum absolute atomic E-state index is 13.9. The Morgan fingerprint density at radius 1 is 1.12 bits per heavy atom. The van der Waals surface area contributed by atoms with E-state index in [0.29, 0.717) is 11.4 Å². The lowest BCUT2D eigenvalue weighted by atomic mass is 10.2. The zero-order valence-corrected chi connectivity index (χ0v) is 15.6. The number of nitrogens with zero attached hydrogens (tertiary/aromatic N) is 1. The van der Waals surface area contributed by atoms with Crippen molar-refractivity contribution in [2.45, 2.75) is 11.0 Å². The number of aliphatic hydroxyl groups excluding tert-OH is 1. The van der Waals surface area contributed by atoms with Crippen molar-refractivity contribution in [3.8, 4) is 0 Å². The van der Waals surface area contributed by atoms with E-state index in [1.807, 2.05) is 36.4 Å². The van der Waals surface area contributed by atoms with Crippen LogP contribution in [-0.2, 0) is 0 Å². The van der Waals surface area contributed by atoms with E-state index >= 15 is 0 Å². The highest BCUT2D eigenvalue weighted by atomic mass is 35.5. The molecule has 3 rings (SSSR count). The van der Waals surface area contributed by atoms with Crippen molar-refractivity contribution in [1.82, 2.24) is 0 Å². The number of thioether (sulfide) groups is 1. The van der Waals surface area contributed by atoms with Crippen molar-refractivity contribution in [3.05, 3.63) is 59.4 Å². The molecule has 0 saturated carbocycles. The van der Waals surface area contributed by atoms with Gasteiger partial charge in [0.1, 0.15) is 18.5 Å². The van der Waals surface area contributed by atoms with Gasteiger partial charge in [-0.05, 0) is 36.4 Å². The first-order chi connectivity index (χ1) is 12.1. The number of quaternary nitrogens is 1. The number of hydrogen-bond donors (Lipinski definition) is 2. The molecule has 0 radical (unpaired) electrons. The van der Waals surface area contributed by atoms with Crippen LogP contribution in [0.3, 0.4) is 0 Å². The van der Waals surface area contributed by atoms with Gasteiger partial charge in [0.05, 0.1) is 31.9 Å². The van der Waals surface area contributed by atoms with E-state index in [-0.39, 0.29) is 11.9 Å². The Balaban J connectivity index is 1.42. The van der Waals surface area contributed by atoms with Crippen LogP contribution < -0.4 is 9.80 Å². The average molecular weight is 382 g/mol. The maximum atomic E-state index is 13.9. The molecule has 1 fully saturated rings. The molecule has 0 amide bonds. The van der Waals surface area contributed by atoms with Crippen LogP contribution in [0.4, 0.5) is 10.1 Å². The molecule has 0 aromatic heterocycles. The van der Waals surface area contributed by atoms with Gasteiger partial charge in [-0.2, -0.15) is 0 Å². The van der Waals surface area contributed by atoms with Crippen LogP contribution in [-0.4, -0.2) is 49.7 Å². The standard InChI is InChI=1S/C19H22ClFN2OS/c20-15-5-7-17(8-6-15)25-14-16(24)13-22-9-11-23(12-10-22)19-4-2-1-3-18(19)21/h1-8,16,24H,9-14H2/p+1/t16-/m0/s1. The fourth-order valence-electron chi connectivity index (χ4n) is 3.09. The van der Waals surface area contributed by atoms with Crippen LogP contribution in [0.5, 0.6) is 0 Å². The second-order valence-electron chi connectivity index (χ2n) is 6.31. The van der Waals surface area contributed by atoms with E-state index in [0.717, 1.165) is 42.6 Å². The number of rotatable bonds is 6. The molecule has 1 aliphatic heterocycles. The summed E-state index contributed by atoms with van der Waals surface area (Å²) in [5.41, 5.74) is 0.681. The zero-order chi connectivity index (χ0) is 17.6. The summed E-state index contributed by atoms with van der Waals surface area (Å²) < 4.78 is 13.9. The molecule has 25 heavy (non-hydrogen) atoms. The highest BCUT2D eigenvalue weighted by Crippen LogP contribution is 2.21. The lowest BCUT2D eigenvalue weighted by Crippen LogP contribution is -3.16. The number of para-hydroxylation sites is 1. The third kappa shape index (κ3) is 5.35. The monoisotopic (exact) mass is 381 g/mol. The van der Waals surface area contributed by atoms with Gasteiger partial charge in [0.2, 0.25) is 0 Å². The predicted octanol–water partition coefficient (Wildman–Crippen LogP) is 2.34. The number of halogens is 2. The van der Waals surface area contributed by atoms with Gasteiger partial charge in [0.15, 0.2) is 0 Å². The van der Waals surface area contributed by atoms with Gasteiger partial charge in [-0.1, -0.05) is 23.7 Å². The molecule has 1 aliphatic rings. The average Bonchev–Trinajstić information content (AvgIpc) is 2.62. The zero-order valence-electron chi connectivity index (χ0n) is 14.0. The molecule has 2 aromatic carbocycles. The SMILES string of the molecule is O[C@H](CSc1ccc(Cl)cc1)C[NH+]1CCN(c2ccccc2F)CC1. The Morgan fingerprint density at radius 3 is 2.48 bits per heavy atom. The van der Waals surface area contributed by atoms with E-state index < -0.39 is 0 Å². The number of hydrogen-bond acceptors (Lipinski definition) is 3. The molecule has 1 heterocycles. The molecule has 0 unspecified atom stereocenters. The van der Waals surface area contributed by atoms with E-state index in [9.17, 15) is 9.50 Å². The summed E-state index contributed by atoms with van der Waals surface area (Å²) in [7, 11) is 0. The molecule has 1 saturated heterocycles. The van der Waals surface area contributed by atoms with Gasteiger partial charge in [-0.15, -0.1) is 11.8 Å². The Morgan fingerprint density at radius 2 is 1.80 bits per heavy atom. The van der Waals surface area contributed by atoms with E-state index in [1.165, 1.54) is 11.0 Å². The molecule has 134 valence electrons.